The largest absolute Gasteiger partial charge is 0.444 e. The Hall–Kier alpha value is -0.810. The Morgan fingerprint density at radius 1 is 1.16 bits per heavy atom. The molecule has 0 aromatic heterocycles. The molecule has 6 unspecified atom stereocenters. The Balaban J connectivity index is 1.60. The van der Waals surface area contributed by atoms with Crippen LogP contribution in [0.1, 0.15) is 72.6 Å². The van der Waals surface area contributed by atoms with Gasteiger partial charge in [-0.05, 0) is 52.4 Å². The van der Waals surface area contributed by atoms with E-state index in [1.807, 2.05) is 20.8 Å². The van der Waals surface area contributed by atoms with Gasteiger partial charge < -0.3 is 20.1 Å². The van der Waals surface area contributed by atoms with Crippen molar-refractivity contribution < 1.29 is 14.3 Å². The number of rotatable bonds is 4. The number of nitrogens with one attached hydrogen (secondary N) is 2. The summed E-state index contributed by atoms with van der Waals surface area (Å²) in [5.41, 5.74) is -0.461. The molecule has 1 aliphatic heterocycles. The summed E-state index contributed by atoms with van der Waals surface area (Å²) in [6.45, 7) is 8.86. The lowest BCUT2D eigenvalue weighted by molar-refractivity contribution is -0.131. The fraction of sp³-hybridized carbons (Fsp3) is 0.950. The zero-order chi connectivity index (χ0) is 18.0. The van der Waals surface area contributed by atoms with Crippen molar-refractivity contribution in [2.45, 2.75) is 102 Å². The highest BCUT2D eigenvalue weighted by atomic mass is 16.6. The first-order valence-corrected chi connectivity index (χ1v) is 10.2. The van der Waals surface area contributed by atoms with Crippen molar-refractivity contribution in [3.63, 3.8) is 0 Å². The molecule has 0 radical (unpaired) electrons. The van der Waals surface area contributed by atoms with Crippen LogP contribution in [-0.2, 0) is 9.47 Å². The van der Waals surface area contributed by atoms with Crippen molar-refractivity contribution in [3.05, 3.63) is 0 Å². The van der Waals surface area contributed by atoms with E-state index in [-0.39, 0.29) is 24.3 Å². The predicted octanol–water partition coefficient (Wildman–Crippen LogP) is 3.62. The van der Waals surface area contributed by atoms with Gasteiger partial charge in [0.2, 0.25) is 0 Å². The highest BCUT2D eigenvalue weighted by Gasteiger charge is 2.53. The fourth-order valence-electron chi connectivity index (χ4n) is 4.83. The summed E-state index contributed by atoms with van der Waals surface area (Å²) in [6, 6.07) is 0.902. The highest BCUT2D eigenvalue weighted by molar-refractivity contribution is 5.68. The molecule has 1 saturated heterocycles. The van der Waals surface area contributed by atoms with Crippen LogP contribution in [-0.4, -0.2) is 42.5 Å². The molecule has 1 heterocycles. The third kappa shape index (κ3) is 4.68. The third-order valence-electron chi connectivity index (χ3n) is 6.09. The molecular formula is C20H36N2O3. The van der Waals surface area contributed by atoms with E-state index in [0.717, 1.165) is 25.4 Å². The molecule has 144 valence electrons. The fourth-order valence-corrected chi connectivity index (χ4v) is 4.83. The minimum Gasteiger partial charge on any atom is -0.444 e. The van der Waals surface area contributed by atoms with Crippen LogP contribution in [0.2, 0.25) is 0 Å². The Kier molecular flexibility index (Phi) is 5.94. The van der Waals surface area contributed by atoms with Crippen LogP contribution in [0.4, 0.5) is 4.79 Å². The molecule has 0 aromatic rings. The van der Waals surface area contributed by atoms with Crippen LogP contribution < -0.4 is 10.6 Å². The van der Waals surface area contributed by atoms with Gasteiger partial charge in [-0.2, -0.15) is 0 Å². The van der Waals surface area contributed by atoms with Crippen LogP contribution in [0.25, 0.3) is 0 Å². The lowest BCUT2D eigenvalue weighted by Crippen LogP contribution is -2.74. The maximum Gasteiger partial charge on any atom is 0.407 e. The number of carbonyl (C=O) groups excluding carboxylic acids is 1. The van der Waals surface area contributed by atoms with Gasteiger partial charge in [0, 0.05) is 18.6 Å². The molecule has 1 amide bonds. The van der Waals surface area contributed by atoms with Gasteiger partial charge in [0.25, 0.3) is 0 Å². The molecule has 3 aliphatic rings. The van der Waals surface area contributed by atoms with E-state index in [1.54, 1.807) is 0 Å². The number of hydrogen-bond donors (Lipinski definition) is 2. The SMILES string of the molecule is CCC1CCCC(NC2C(NC(=O)OC(C)(C)C)C3CCCOC32)C1. The summed E-state index contributed by atoms with van der Waals surface area (Å²) in [5.74, 6) is 1.26. The van der Waals surface area contributed by atoms with Gasteiger partial charge in [-0.3, -0.25) is 0 Å². The maximum atomic E-state index is 12.3. The van der Waals surface area contributed by atoms with Gasteiger partial charge in [0.05, 0.1) is 18.2 Å². The summed E-state index contributed by atoms with van der Waals surface area (Å²) in [5, 5.41) is 6.98. The van der Waals surface area contributed by atoms with E-state index in [1.165, 1.54) is 32.1 Å². The molecule has 0 bridgehead atoms. The molecule has 6 atom stereocenters. The average Bonchev–Trinajstić information content (AvgIpc) is 2.56. The quantitative estimate of drug-likeness (QED) is 0.811. The normalized spacial score (nSPS) is 38.4. The van der Waals surface area contributed by atoms with Crippen molar-refractivity contribution in [1.29, 1.82) is 0 Å². The average molecular weight is 353 g/mol. The van der Waals surface area contributed by atoms with Gasteiger partial charge in [0.15, 0.2) is 0 Å². The van der Waals surface area contributed by atoms with Crippen molar-refractivity contribution in [3.8, 4) is 0 Å². The summed E-state index contributed by atoms with van der Waals surface area (Å²) in [6.07, 6.45) is 8.59. The standard InChI is InChI=1S/C20H36N2O3/c1-5-13-8-6-9-14(12-13)21-17-16(15-10-7-11-24-18(15)17)22-19(23)25-20(2,3)4/h13-18,21H,5-12H2,1-4H3,(H,22,23). The van der Waals surface area contributed by atoms with E-state index in [4.69, 9.17) is 9.47 Å². The number of hydrogen-bond acceptors (Lipinski definition) is 4. The topological polar surface area (TPSA) is 59.6 Å². The molecule has 2 N–H and O–H groups in total. The molecule has 0 spiro atoms. The predicted molar refractivity (Wildman–Crippen MR) is 98.6 cm³/mol. The monoisotopic (exact) mass is 352 g/mol. The third-order valence-corrected chi connectivity index (χ3v) is 6.09. The summed E-state index contributed by atoms with van der Waals surface area (Å²) in [4.78, 5) is 12.3. The molecule has 3 fully saturated rings. The smallest absolute Gasteiger partial charge is 0.407 e. The lowest BCUT2D eigenvalue weighted by Gasteiger charge is -2.55. The van der Waals surface area contributed by atoms with E-state index in [2.05, 4.69) is 17.6 Å². The zero-order valence-corrected chi connectivity index (χ0v) is 16.3. The summed E-state index contributed by atoms with van der Waals surface area (Å²) in [7, 11) is 0. The van der Waals surface area contributed by atoms with E-state index in [0.29, 0.717) is 12.0 Å². The van der Waals surface area contributed by atoms with Gasteiger partial charge in [-0.1, -0.05) is 26.2 Å². The number of amides is 1. The molecule has 2 aliphatic carbocycles. The first-order valence-electron chi connectivity index (χ1n) is 10.2. The van der Waals surface area contributed by atoms with E-state index in [9.17, 15) is 4.79 Å². The zero-order valence-electron chi connectivity index (χ0n) is 16.3. The minimum absolute atomic E-state index is 0.127. The molecule has 5 nitrogen and oxygen atoms in total. The van der Waals surface area contributed by atoms with Crippen LogP contribution >= 0.6 is 0 Å². The van der Waals surface area contributed by atoms with Crippen molar-refractivity contribution in [2.75, 3.05) is 6.61 Å². The highest BCUT2D eigenvalue weighted by Crippen LogP contribution is 2.39. The van der Waals surface area contributed by atoms with Crippen molar-refractivity contribution >= 4 is 6.09 Å². The van der Waals surface area contributed by atoms with Gasteiger partial charge >= 0.3 is 6.09 Å². The maximum absolute atomic E-state index is 12.3. The Bertz CT molecular complexity index is 462. The number of ether oxygens (including phenoxy) is 2. The van der Waals surface area contributed by atoms with E-state index < -0.39 is 5.60 Å². The van der Waals surface area contributed by atoms with Gasteiger partial charge in [-0.25, -0.2) is 4.79 Å². The summed E-state index contributed by atoms with van der Waals surface area (Å²) < 4.78 is 11.5. The minimum atomic E-state index is -0.461. The lowest BCUT2D eigenvalue weighted by atomic mass is 9.67. The second kappa shape index (κ2) is 7.83. The van der Waals surface area contributed by atoms with E-state index >= 15 is 0 Å². The second-order valence-corrected chi connectivity index (χ2v) is 9.14. The van der Waals surface area contributed by atoms with Crippen molar-refractivity contribution in [1.82, 2.24) is 10.6 Å². The Labute approximate surface area is 152 Å². The van der Waals surface area contributed by atoms with Crippen LogP contribution in [0.3, 0.4) is 0 Å². The molecule has 2 saturated carbocycles. The number of alkyl carbamates (subject to hydrolysis) is 1. The molecule has 3 rings (SSSR count). The van der Waals surface area contributed by atoms with Gasteiger partial charge in [0.1, 0.15) is 5.60 Å². The van der Waals surface area contributed by atoms with Crippen LogP contribution in [0.5, 0.6) is 0 Å². The van der Waals surface area contributed by atoms with Crippen LogP contribution in [0, 0.1) is 11.8 Å². The summed E-state index contributed by atoms with van der Waals surface area (Å²) >= 11 is 0. The molecule has 5 heteroatoms. The second-order valence-electron chi connectivity index (χ2n) is 9.14. The van der Waals surface area contributed by atoms with Crippen LogP contribution in [0.15, 0.2) is 0 Å². The first kappa shape index (κ1) is 19.0. The van der Waals surface area contributed by atoms with Gasteiger partial charge in [-0.15, -0.1) is 0 Å². The number of carbonyl (C=O) groups is 1. The molecular weight excluding hydrogens is 316 g/mol. The molecule has 25 heavy (non-hydrogen) atoms. The number of fused-ring (bicyclic) bond motifs is 1. The van der Waals surface area contributed by atoms with Crippen molar-refractivity contribution in [2.24, 2.45) is 11.8 Å². The molecule has 0 aromatic carbocycles. The first-order chi connectivity index (χ1) is 11.9. The Morgan fingerprint density at radius 2 is 1.96 bits per heavy atom. The Morgan fingerprint density at radius 3 is 2.68 bits per heavy atom.